The number of likely N-dealkylation sites (N-methyl/N-ethyl adjacent to an activating group) is 1. The molecule has 5 atom stereocenters. The van der Waals surface area contributed by atoms with Gasteiger partial charge < -0.3 is 14.8 Å². The number of nitrogens with zero attached hydrogens (tertiary/aromatic N) is 3. The second-order valence-corrected chi connectivity index (χ2v) is 10.9. The molecule has 0 aromatic carbocycles. The molecule has 0 saturated carbocycles. The third-order valence-electron chi connectivity index (χ3n) is 8.99. The first-order valence-electron chi connectivity index (χ1n) is 13.2. The molecule has 0 aromatic rings. The van der Waals surface area contributed by atoms with E-state index in [9.17, 15) is 34.0 Å². The van der Waals surface area contributed by atoms with Crippen LogP contribution in [0.2, 0.25) is 0 Å². The lowest BCUT2D eigenvalue weighted by Crippen LogP contribution is -2.74. The van der Waals surface area contributed by atoms with E-state index >= 15 is 0 Å². The number of amides is 1. The van der Waals surface area contributed by atoms with Gasteiger partial charge in [-0.3, -0.25) is 38.6 Å². The summed E-state index contributed by atoms with van der Waals surface area (Å²) < 4.78 is 10.6. The minimum Gasteiger partial charge on any atom is -0.492 e. The van der Waals surface area contributed by atoms with Crippen molar-refractivity contribution in [2.45, 2.75) is 63.8 Å². The van der Waals surface area contributed by atoms with Crippen molar-refractivity contribution in [2.75, 3.05) is 27.8 Å². The van der Waals surface area contributed by atoms with Gasteiger partial charge >= 0.3 is 0 Å². The van der Waals surface area contributed by atoms with Crippen LogP contribution in [-0.2, 0) is 38.2 Å². The van der Waals surface area contributed by atoms with E-state index in [1.807, 2.05) is 4.90 Å². The number of fused-ring (bicyclic) bond motifs is 5. The number of carbonyl (C=O) groups is 6. The van der Waals surface area contributed by atoms with E-state index in [-0.39, 0.29) is 64.6 Å². The van der Waals surface area contributed by atoms with Crippen LogP contribution in [0, 0.1) is 11.3 Å². The lowest BCUT2D eigenvalue weighted by atomic mass is 9.67. The second kappa shape index (κ2) is 10.0. The fourth-order valence-electron chi connectivity index (χ4n) is 7.13. The predicted molar refractivity (Wildman–Crippen MR) is 141 cm³/mol. The smallest absolute Gasteiger partial charge is 0.287 e. The van der Waals surface area contributed by atoms with Crippen LogP contribution < -0.4 is 5.32 Å². The number of methoxy groups -OCH3 is 2. The molecule has 3 aliphatic heterocycles. The van der Waals surface area contributed by atoms with Crippen LogP contribution in [0.3, 0.4) is 0 Å². The van der Waals surface area contributed by atoms with Crippen molar-refractivity contribution < 1.29 is 38.2 Å². The van der Waals surface area contributed by atoms with Crippen molar-refractivity contribution in [3.05, 3.63) is 45.0 Å². The highest BCUT2D eigenvalue weighted by Crippen LogP contribution is 2.48. The first-order valence-corrected chi connectivity index (χ1v) is 13.2. The zero-order valence-electron chi connectivity index (χ0n) is 23.6. The van der Waals surface area contributed by atoms with E-state index in [1.165, 1.54) is 28.1 Å². The number of ketones is 5. The molecule has 5 rings (SSSR count). The Morgan fingerprint density at radius 3 is 1.93 bits per heavy atom. The van der Waals surface area contributed by atoms with Gasteiger partial charge in [-0.1, -0.05) is 0 Å². The van der Waals surface area contributed by atoms with Gasteiger partial charge in [-0.15, -0.1) is 0 Å². The van der Waals surface area contributed by atoms with Crippen molar-refractivity contribution in [3.63, 3.8) is 0 Å². The molecule has 2 aliphatic carbocycles. The predicted octanol–water partition coefficient (Wildman–Crippen LogP) is -0.149. The molecule has 41 heavy (non-hydrogen) atoms. The summed E-state index contributed by atoms with van der Waals surface area (Å²) in [5.41, 5.74) is 1.19. The van der Waals surface area contributed by atoms with Crippen molar-refractivity contribution in [1.82, 2.24) is 15.1 Å². The summed E-state index contributed by atoms with van der Waals surface area (Å²) in [4.78, 5) is 82.3. The molecule has 0 aromatic heterocycles. The maximum Gasteiger partial charge on any atom is 0.287 e. The standard InChI is InChI=1S/C29H30N4O8/c1-11-23(35)14-8-17-22-21-15(24(36)12(2)28(41-6)26(21)38)7-16(32(22)4)18(9-30)33(17)19(10-31-29(39)13(3)34)20(14)25(37)27(11)40-5/h16-19,22H,7-8,10H2,1-6H3,(H,31,39). The summed E-state index contributed by atoms with van der Waals surface area (Å²) in [6.45, 7) is 3.89. The summed E-state index contributed by atoms with van der Waals surface area (Å²) in [7, 11) is 4.38. The van der Waals surface area contributed by atoms with Crippen molar-refractivity contribution >= 4 is 34.8 Å². The SMILES string of the molecule is COC1=C(C)C(=O)C2=C(C1=O)C1C3CC4=C(C(=O)C(OC)=C(C)C4=O)C(CNC(=O)C(C)=O)N3C(C#N)C(C2)N1C. The summed E-state index contributed by atoms with van der Waals surface area (Å²) in [6, 6.07) is -1.52. The Bertz CT molecular complexity index is 1520. The molecule has 0 spiro atoms. The largest absolute Gasteiger partial charge is 0.492 e. The molecule has 12 nitrogen and oxygen atoms in total. The van der Waals surface area contributed by atoms with E-state index in [0.717, 1.165) is 6.92 Å². The van der Waals surface area contributed by atoms with Crippen LogP contribution in [0.4, 0.5) is 0 Å². The minimum atomic E-state index is -0.985. The number of carbonyl (C=O) groups excluding carboxylic acids is 6. The average Bonchev–Trinajstić information content (AvgIpc) is 2.93. The van der Waals surface area contributed by atoms with Crippen LogP contribution in [0.15, 0.2) is 45.0 Å². The maximum atomic E-state index is 13.8. The van der Waals surface area contributed by atoms with E-state index in [0.29, 0.717) is 5.57 Å². The Morgan fingerprint density at radius 1 is 0.902 bits per heavy atom. The zero-order valence-corrected chi connectivity index (χ0v) is 23.6. The number of nitriles is 1. The molecule has 214 valence electrons. The third kappa shape index (κ3) is 3.87. The molecule has 2 bridgehead atoms. The van der Waals surface area contributed by atoms with Crippen LogP contribution in [0.1, 0.15) is 33.6 Å². The van der Waals surface area contributed by atoms with E-state index in [4.69, 9.17) is 9.47 Å². The highest BCUT2D eigenvalue weighted by Gasteiger charge is 2.59. The van der Waals surface area contributed by atoms with Gasteiger partial charge in [0.1, 0.15) is 6.04 Å². The summed E-state index contributed by atoms with van der Waals surface area (Å²) >= 11 is 0. The fraction of sp³-hybridized carbons (Fsp3) is 0.483. The van der Waals surface area contributed by atoms with E-state index in [2.05, 4.69) is 11.4 Å². The molecule has 5 unspecified atom stereocenters. The van der Waals surface area contributed by atoms with Gasteiger partial charge in [-0.2, -0.15) is 5.26 Å². The Morgan fingerprint density at radius 2 is 1.41 bits per heavy atom. The number of ether oxygens (including phenoxy) is 2. The molecule has 1 amide bonds. The highest BCUT2D eigenvalue weighted by atomic mass is 16.5. The van der Waals surface area contributed by atoms with Crippen LogP contribution in [-0.4, -0.2) is 103 Å². The molecule has 5 aliphatic rings. The number of Topliss-reactive ketones (excluding diaryl/α,β-unsaturated/α-hetero) is 5. The van der Waals surface area contributed by atoms with Crippen LogP contribution in [0.25, 0.3) is 0 Å². The van der Waals surface area contributed by atoms with E-state index < -0.39 is 59.2 Å². The van der Waals surface area contributed by atoms with Gasteiger partial charge in [0.15, 0.2) is 23.1 Å². The first-order chi connectivity index (χ1) is 19.4. The number of hydrogen-bond acceptors (Lipinski definition) is 11. The number of piperazine rings is 1. The second-order valence-electron chi connectivity index (χ2n) is 10.9. The van der Waals surface area contributed by atoms with Gasteiger partial charge in [0.05, 0.1) is 32.4 Å². The quantitative estimate of drug-likeness (QED) is 0.350. The molecule has 1 N–H and O–H groups in total. The summed E-state index contributed by atoms with van der Waals surface area (Å²) in [6.07, 6.45) is 0.116. The molecular weight excluding hydrogens is 532 g/mol. The van der Waals surface area contributed by atoms with Crippen LogP contribution >= 0.6 is 0 Å². The van der Waals surface area contributed by atoms with Gasteiger partial charge in [0.2, 0.25) is 17.3 Å². The molecule has 1 fully saturated rings. The first kappa shape index (κ1) is 28.3. The van der Waals surface area contributed by atoms with Gasteiger partial charge in [0, 0.05) is 59.0 Å². The monoisotopic (exact) mass is 562 g/mol. The Labute approximate surface area is 236 Å². The number of rotatable bonds is 5. The highest BCUT2D eigenvalue weighted by molar-refractivity contribution is 6.35. The number of allylic oxidation sites excluding steroid dienone is 4. The lowest BCUT2D eigenvalue weighted by Gasteiger charge is -2.60. The Hall–Kier alpha value is -4.21. The summed E-state index contributed by atoms with van der Waals surface area (Å²) in [5, 5.41) is 13.0. The van der Waals surface area contributed by atoms with Crippen molar-refractivity contribution in [2.24, 2.45) is 0 Å². The van der Waals surface area contributed by atoms with Gasteiger partial charge in [0.25, 0.3) is 5.91 Å². The van der Waals surface area contributed by atoms with Gasteiger partial charge in [-0.05, 0) is 33.7 Å². The average molecular weight is 563 g/mol. The Balaban J connectivity index is 1.71. The van der Waals surface area contributed by atoms with Crippen molar-refractivity contribution in [1.29, 1.82) is 5.26 Å². The molecule has 0 radical (unpaired) electrons. The number of hydrogen-bond donors (Lipinski definition) is 1. The van der Waals surface area contributed by atoms with Crippen LogP contribution in [0.5, 0.6) is 0 Å². The third-order valence-corrected chi connectivity index (χ3v) is 8.99. The normalized spacial score (nSPS) is 30.1. The lowest BCUT2D eigenvalue weighted by molar-refractivity contribution is -0.137. The maximum absolute atomic E-state index is 13.8. The molecule has 1 saturated heterocycles. The Kier molecular flexibility index (Phi) is 6.91. The van der Waals surface area contributed by atoms with Crippen molar-refractivity contribution in [3.8, 4) is 6.07 Å². The number of nitrogens with one attached hydrogen (secondary N) is 1. The minimum absolute atomic E-state index is 0.00850. The topological polar surface area (TPSA) is 163 Å². The molecule has 3 heterocycles. The summed E-state index contributed by atoms with van der Waals surface area (Å²) in [5.74, 6) is -3.51. The molecule has 12 heteroatoms. The fourth-order valence-corrected chi connectivity index (χ4v) is 7.13. The molecular formula is C29H30N4O8. The van der Waals surface area contributed by atoms with E-state index in [1.54, 1.807) is 11.9 Å². The zero-order chi connectivity index (χ0) is 30.1. The van der Waals surface area contributed by atoms with Gasteiger partial charge in [-0.25, -0.2) is 0 Å².